The highest BCUT2D eigenvalue weighted by molar-refractivity contribution is 5.29. The molecular formula is C19H28F2O. The third-order valence-electron chi connectivity index (χ3n) is 5.36. The second kappa shape index (κ2) is 7.54. The van der Waals surface area contributed by atoms with Crippen molar-refractivity contribution >= 4 is 0 Å². The van der Waals surface area contributed by atoms with E-state index in [9.17, 15) is 13.9 Å². The zero-order chi connectivity index (χ0) is 16.2. The first-order valence-corrected chi connectivity index (χ1v) is 8.63. The number of benzene rings is 1. The summed E-state index contributed by atoms with van der Waals surface area (Å²) in [4.78, 5) is 0. The Labute approximate surface area is 132 Å². The van der Waals surface area contributed by atoms with Crippen LogP contribution in [-0.4, -0.2) is 11.5 Å². The van der Waals surface area contributed by atoms with Crippen LogP contribution in [-0.2, 0) is 12.0 Å². The van der Waals surface area contributed by atoms with Gasteiger partial charge in [-0.05, 0) is 42.7 Å². The summed E-state index contributed by atoms with van der Waals surface area (Å²) in [6.07, 6.45) is 3.59. The first-order chi connectivity index (χ1) is 10.5. The van der Waals surface area contributed by atoms with Crippen molar-refractivity contribution in [3.8, 4) is 0 Å². The molecule has 0 heterocycles. The van der Waals surface area contributed by atoms with E-state index in [1.54, 1.807) is 6.92 Å². The molecule has 2 atom stereocenters. The number of rotatable bonds is 6. The number of hydrogen-bond donors (Lipinski definition) is 1. The molecule has 0 radical (unpaired) electrons. The summed E-state index contributed by atoms with van der Waals surface area (Å²) in [7, 11) is 0. The van der Waals surface area contributed by atoms with Crippen molar-refractivity contribution in [3.63, 3.8) is 0 Å². The van der Waals surface area contributed by atoms with Crippen LogP contribution in [0, 0.1) is 11.8 Å². The maximum Gasteiger partial charge on any atom is 0.244 e. The fourth-order valence-electron chi connectivity index (χ4n) is 3.98. The SMILES string of the molecule is CCc1ccc(C(O)(C2CCCCC2)C(CC)C(F)F)cc1. The first kappa shape index (κ1) is 17.4. The van der Waals surface area contributed by atoms with E-state index in [0.29, 0.717) is 12.0 Å². The fraction of sp³-hybridized carbons (Fsp3) is 0.684. The Hall–Kier alpha value is -0.960. The van der Waals surface area contributed by atoms with Crippen molar-refractivity contribution in [2.45, 2.75) is 70.8 Å². The van der Waals surface area contributed by atoms with E-state index < -0.39 is 17.9 Å². The normalized spacial score (nSPS) is 20.8. The van der Waals surface area contributed by atoms with Crippen LogP contribution in [0.15, 0.2) is 24.3 Å². The minimum absolute atomic E-state index is 0.0623. The summed E-state index contributed by atoms with van der Waals surface area (Å²) in [5.74, 6) is -1.06. The van der Waals surface area contributed by atoms with Crippen LogP contribution >= 0.6 is 0 Å². The van der Waals surface area contributed by atoms with E-state index in [0.717, 1.165) is 38.5 Å². The summed E-state index contributed by atoms with van der Waals surface area (Å²) in [5.41, 5.74) is 0.430. The van der Waals surface area contributed by atoms with E-state index in [1.807, 2.05) is 24.3 Å². The standard InChI is InChI=1S/C19H28F2O/c1-3-14-10-12-16(13-11-14)19(22,17(4-2)18(20)21)15-8-6-5-7-9-15/h10-13,15,17-18,22H,3-9H2,1-2H3. The lowest BCUT2D eigenvalue weighted by Gasteiger charge is -2.44. The van der Waals surface area contributed by atoms with Crippen molar-refractivity contribution in [2.24, 2.45) is 11.8 Å². The zero-order valence-electron chi connectivity index (χ0n) is 13.7. The number of alkyl halides is 2. The molecule has 2 rings (SSSR count). The van der Waals surface area contributed by atoms with Crippen LogP contribution in [0.3, 0.4) is 0 Å². The van der Waals surface area contributed by atoms with Crippen molar-refractivity contribution in [1.29, 1.82) is 0 Å². The number of hydrogen-bond acceptors (Lipinski definition) is 1. The van der Waals surface area contributed by atoms with Gasteiger partial charge in [0.05, 0.1) is 5.92 Å². The maximum atomic E-state index is 13.6. The Bertz CT molecular complexity index is 451. The molecule has 0 amide bonds. The lowest BCUT2D eigenvalue weighted by Crippen LogP contribution is -2.46. The van der Waals surface area contributed by atoms with Crippen molar-refractivity contribution in [2.75, 3.05) is 0 Å². The Kier molecular flexibility index (Phi) is 5.96. The van der Waals surface area contributed by atoms with Crippen molar-refractivity contribution in [1.82, 2.24) is 0 Å². The van der Waals surface area contributed by atoms with E-state index in [1.165, 1.54) is 5.56 Å². The number of aliphatic hydroxyl groups is 1. The number of aryl methyl sites for hydroxylation is 1. The van der Waals surface area contributed by atoms with Gasteiger partial charge in [0.2, 0.25) is 6.43 Å². The third kappa shape index (κ3) is 3.34. The quantitative estimate of drug-likeness (QED) is 0.755. The van der Waals surface area contributed by atoms with Crippen LogP contribution in [0.4, 0.5) is 8.78 Å². The molecule has 1 aliphatic rings. The second-order valence-corrected chi connectivity index (χ2v) is 6.56. The molecule has 0 aromatic heterocycles. The van der Waals surface area contributed by atoms with Gasteiger partial charge in [-0.1, -0.05) is 57.4 Å². The second-order valence-electron chi connectivity index (χ2n) is 6.56. The molecule has 124 valence electrons. The molecule has 1 fully saturated rings. The molecule has 1 aromatic rings. The van der Waals surface area contributed by atoms with Gasteiger partial charge in [-0.15, -0.1) is 0 Å². The Morgan fingerprint density at radius 1 is 1.09 bits per heavy atom. The topological polar surface area (TPSA) is 20.2 Å². The lowest BCUT2D eigenvalue weighted by atomic mass is 9.66. The number of halogens is 2. The zero-order valence-corrected chi connectivity index (χ0v) is 13.7. The molecule has 1 aliphatic carbocycles. The fourth-order valence-corrected chi connectivity index (χ4v) is 3.98. The highest BCUT2D eigenvalue weighted by Gasteiger charge is 2.48. The van der Waals surface area contributed by atoms with Crippen LogP contribution in [0.25, 0.3) is 0 Å². The van der Waals surface area contributed by atoms with Gasteiger partial charge in [0.1, 0.15) is 5.60 Å². The summed E-state index contributed by atoms with van der Waals surface area (Å²) >= 11 is 0. The molecule has 22 heavy (non-hydrogen) atoms. The first-order valence-electron chi connectivity index (χ1n) is 8.63. The van der Waals surface area contributed by atoms with Crippen molar-refractivity contribution in [3.05, 3.63) is 35.4 Å². The van der Waals surface area contributed by atoms with E-state index in [2.05, 4.69) is 6.92 Å². The van der Waals surface area contributed by atoms with Gasteiger partial charge in [0, 0.05) is 0 Å². The van der Waals surface area contributed by atoms with Gasteiger partial charge in [0.25, 0.3) is 0 Å². The summed E-state index contributed by atoms with van der Waals surface area (Å²) < 4.78 is 27.2. The van der Waals surface area contributed by atoms with E-state index in [-0.39, 0.29) is 5.92 Å². The predicted octanol–water partition coefficient (Wildman–Crippen LogP) is 5.31. The maximum absolute atomic E-state index is 13.6. The minimum Gasteiger partial charge on any atom is -0.384 e. The van der Waals surface area contributed by atoms with Gasteiger partial charge < -0.3 is 5.11 Å². The molecule has 1 N–H and O–H groups in total. The van der Waals surface area contributed by atoms with Crippen molar-refractivity contribution < 1.29 is 13.9 Å². The summed E-state index contributed by atoms with van der Waals surface area (Å²) in [5, 5.41) is 11.4. The average Bonchev–Trinajstić information content (AvgIpc) is 2.55. The van der Waals surface area contributed by atoms with Gasteiger partial charge in [-0.2, -0.15) is 0 Å². The minimum atomic E-state index is -2.50. The van der Waals surface area contributed by atoms with Gasteiger partial charge >= 0.3 is 0 Å². The van der Waals surface area contributed by atoms with Crippen LogP contribution in [0.1, 0.15) is 63.5 Å². The monoisotopic (exact) mass is 310 g/mol. The summed E-state index contributed by atoms with van der Waals surface area (Å²) in [6, 6.07) is 7.64. The molecule has 0 spiro atoms. The third-order valence-corrected chi connectivity index (χ3v) is 5.36. The molecule has 1 aromatic carbocycles. The molecular weight excluding hydrogens is 282 g/mol. The van der Waals surface area contributed by atoms with Gasteiger partial charge in [0.15, 0.2) is 0 Å². The van der Waals surface area contributed by atoms with E-state index >= 15 is 0 Å². The highest BCUT2D eigenvalue weighted by atomic mass is 19.3. The Morgan fingerprint density at radius 3 is 2.14 bits per heavy atom. The molecule has 3 heteroatoms. The molecule has 2 unspecified atom stereocenters. The smallest absolute Gasteiger partial charge is 0.244 e. The largest absolute Gasteiger partial charge is 0.384 e. The molecule has 0 saturated heterocycles. The summed E-state index contributed by atoms with van der Waals surface area (Å²) in [6.45, 7) is 3.82. The molecule has 0 aliphatic heterocycles. The van der Waals surface area contributed by atoms with Crippen LogP contribution in [0.5, 0.6) is 0 Å². The Balaban J connectivity index is 2.42. The van der Waals surface area contributed by atoms with Gasteiger partial charge in [-0.3, -0.25) is 0 Å². The molecule has 0 bridgehead atoms. The lowest BCUT2D eigenvalue weighted by molar-refractivity contribution is -0.136. The molecule has 1 nitrogen and oxygen atoms in total. The van der Waals surface area contributed by atoms with Gasteiger partial charge in [-0.25, -0.2) is 8.78 Å². The van der Waals surface area contributed by atoms with Crippen LogP contribution < -0.4 is 0 Å². The average molecular weight is 310 g/mol. The van der Waals surface area contributed by atoms with E-state index in [4.69, 9.17) is 0 Å². The highest BCUT2D eigenvalue weighted by Crippen LogP contribution is 2.47. The predicted molar refractivity (Wildman–Crippen MR) is 86.1 cm³/mol. The van der Waals surface area contributed by atoms with Crippen LogP contribution in [0.2, 0.25) is 0 Å². The molecule has 1 saturated carbocycles. The Morgan fingerprint density at radius 2 is 1.68 bits per heavy atom.